The van der Waals surface area contributed by atoms with E-state index in [9.17, 15) is 13.2 Å². The number of nitrogens with zero attached hydrogens (tertiary/aromatic N) is 3. The zero-order valence-corrected chi connectivity index (χ0v) is 22.2. The molecule has 3 aromatic rings. The number of amides is 1. The van der Waals surface area contributed by atoms with Crippen molar-refractivity contribution in [2.24, 2.45) is 0 Å². The van der Waals surface area contributed by atoms with E-state index in [2.05, 4.69) is 35.3 Å². The maximum Gasteiger partial charge on any atom is 0.411 e. The molecular weight excluding hydrogens is 486 g/mol. The number of carbonyl (C=O) groups is 1. The van der Waals surface area contributed by atoms with E-state index in [4.69, 9.17) is 4.74 Å². The molecule has 2 atom stereocenters. The summed E-state index contributed by atoms with van der Waals surface area (Å²) in [5.41, 5.74) is 4.26. The van der Waals surface area contributed by atoms with Gasteiger partial charge in [0.1, 0.15) is 5.60 Å². The van der Waals surface area contributed by atoms with Crippen molar-refractivity contribution < 1.29 is 17.9 Å². The van der Waals surface area contributed by atoms with Gasteiger partial charge in [-0.1, -0.05) is 54.6 Å². The summed E-state index contributed by atoms with van der Waals surface area (Å²) in [5.74, 6) is 0.190. The summed E-state index contributed by atoms with van der Waals surface area (Å²) >= 11 is 0. The SMILES string of the molecule is Cc1cc(-c2ccc([C@H](C)N3CC[C@@](CCN4CCCS4(=O)=O)(c4ccccc4)OC3=O)cc2)ccn1. The van der Waals surface area contributed by atoms with Crippen LogP contribution in [0.2, 0.25) is 0 Å². The number of benzene rings is 2. The average Bonchev–Trinajstić information content (AvgIpc) is 3.25. The van der Waals surface area contributed by atoms with Crippen molar-refractivity contribution in [3.05, 3.63) is 89.7 Å². The molecule has 0 bridgehead atoms. The predicted molar refractivity (Wildman–Crippen MR) is 143 cm³/mol. The zero-order valence-electron chi connectivity index (χ0n) is 21.3. The Morgan fingerprint density at radius 3 is 2.43 bits per heavy atom. The minimum absolute atomic E-state index is 0.159. The molecule has 2 fully saturated rings. The molecule has 0 saturated carbocycles. The second-order valence-electron chi connectivity index (χ2n) is 9.97. The van der Waals surface area contributed by atoms with Gasteiger partial charge in [0, 0.05) is 44.4 Å². The molecule has 0 unspecified atom stereocenters. The average molecular weight is 520 g/mol. The molecule has 2 aromatic carbocycles. The Kier molecular flexibility index (Phi) is 7.05. The largest absolute Gasteiger partial charge is 0.438 e. The summed E-state index contributed by atoms with van der Waals surface area (Å²) in [5, 5.41) is 0. The van der Waals surface area contributed by atoms with Gasteiger partial charge < -0.3 is 9.64 Å². The Morgan fingerprint density at radius 1 is 1.03 bits per heavy atom. The van der Waals surface area contributed by atoms with Crippen molar-refractivity contribution >= 4 is 16.1 Å². The summed E-state index contributed by atoms with van der Waals surface area (Å²) in [6.07, 6.45) is 3.11. The number of aromatic nitrogens is 1. The Balaban J connectivity index is 1.33. The van der Waals surface area contributed by atoms with Gasteiger partial charge >= 0.3 is 6.09 Å². The highest BCUT2D eigenvalue weighted by atomic mass is 32.2. The maximum atomic E-state index is 13.4. The standard InChI is InChI=1S/C29H33N3O4S/c1-22-21-26(13-16-30-22)25-11-9-24(10-12-25)23(2)32-19-15-29(36-28(32)33,27-7-4-3-5-8-27)14-18-31-17-6-20-37(31,34)35/h3-5,7-13,16,21,23H,6,14-15,17-20H2,1-2H3/t23-,29-/m0/s1. The Bertz CT molecular complexity index is 1360. The molecule has 7 nitrogen and oxygen atoms in total. The number of carbonyl (C=O) groups excluding carboxylic acids is 1. The fraction of sp³-hybridized carbons (Fsp3) is 0.379. The first-order chi connectivity index (χ1) is 17.8. The van der Waals surface area contributed by atoms with Crippen molar-refractivity contribution in [2.45, 2.75) is 44.8 Å². The molecule has 0 radical (unpaired) electrons. The van der Waals surface area contributed by atoms with Crippen LogP contribution in [0.3, 0.4) is 0 Å². The lowest BCUT2D eigenvalue weighted by atomic mass is 9.85. The monoisotopic (exact) mass is 519 g/mol. The molecule has 5 rings (SSSR count). The lowest BCUT2D eigenvalue weighted by molar-refractivity contribution is -0.0668. The molecule has 0 spiro atoms. The van der Waals surface area contributed by atoms with Crippen LogP contribution < -0.4 is 0 Å². The molecule has 2 aliphatic rings. The van der Waals surface area contributed by atoms with E-state index in [1.807, 2.05) is 56.4 Å². The second kappa shape index (κ2) is 10.3. The van der Waals surface area contributed by atoms with E-state index in [-0.39, 0.29) is 17.9 Å². The van der Waals surface area contributed by atoms with Crippen molar-refractivity contribution in [3.8, 4) is 11.1 Å². The van der Waals surface area contributed by atoms with Gasteiger partial charge in [-0.3, -0.25) is 4.98 Å². The number of pyridine rings is 1. The van der Waals surface area contributed by atoms with Crippen LogP contribution in [0.4, 0.5) is 4.79 Å². The van der Waals surface area contributed by atoms with Crippen molar-refractivity contribution in [3.63, 3.8) is 0 Å². The van der Waals surface area contributed by atoms with Gasteiger partial charge in [0.25, 0.3) is 0 Å². The second-order valence-corrected chi connectivity index (χ2v) is 12.1. The van der Waals surface area contributed by atoms with Crippen molar-refractivity contribution in [1.29, 1.82) is 0 Å². The van der Waals surface area contributed by atoms with Gasteiger partial charge in [0.05, 0.1) is 11.8 Å². The molecule has 37 heavy (non-hydrogen) atoms. The molecule has 2 saturated heterocycles. The van der Waals surface area contributed by atoms with E-state index in [0.29, 0.717) is 38.9 Å². The number of aryl methyl sites for hydroxylation is 1. The summed E-state index contributed by atoms with van der Waals surface area (Å²) in [6.45, 7) is 5.38. The highest BCUT2D eigenvalue weighted by molar-refractivity contribution is 7.89. The lowest BCUT2D eigenvalue weighted by Crippen LogP contribution is -2.50. The Hall–Kier alpha value is -3.23. The lowest BCUT2D eigenvalue weighted by Gasteiger charge is -2.44. The summed E-state index contributed by atoms with van der Waals surface area (Å²) in [4.78, 5) is 19.4. The van der Waals surface area contributed by atoms with Crippen LogP contribution in [0.1, 0.15) is 49.0 Å². The molecular formula is C29H33N3O4S. The van der Waals surface area contributed by atoms with Crippen molar-refractivity contribution in [2.75, 3.05) is 25.4 Å². The van der Waals surface area contributed by atoms with Crippen LogP contribution in [0.25, 0.3) is 11.1 Å². The van der Waals surface area contributed by atoms with Gasteiger partial charge in [-0.2, -0.15) is 0 Å². The van der Waals surface area contributed by atoms with E-state index in [1.54, 1.807) is 4.90 Å². The van der Waals surface area contributed by atoms with E-state index >= 15 is 0 Å². The van der Waals surface area contributed by atoms with E-state index in [0.717, 1.165) is 27.9 Å². The minimum atomic E-state index is -3.22. The number of hydrogen-bond donors (Lipinski definition) is 0. The van der Waals surface area contributed by atoms with Gasteiger partial charge in [0.2, 0.25) is 10.0 Å². The number of cyclic esters (lactones) is 1. The number of sulfonamides is 1. The first kappa shape index (κ1) is 25.4. The number of rotatable bonds is 7. The zero-order chi connectivity index (χ0) is 26.0. The highest BCUT2D eigenvalue weighted by Crippen LogP contribution is 2.40. The van der Waals surface area contributed by atoms with Gasteiger partial charge in [-0.05, 0) is 54.7 Å². The normalized spacial score (nSPS) is 22.5. The molecule has 3 heterocycles. The fourth-order valence-corrected chi connectivity index (χ4v) is 6.92. The van der Waals surface area contributed by atoms with Crippen molar-refractivity contribution in [1.82, 2.24) is 14.2 Å². The van der Waals surface area contributed by atoms with Crippen LogP contribution in [0, 0.1) is 6.92 Å². The molecule has 1 aromatic heterocycles. The minimum Gasteiger partial charge on any atom is -0.438 e. The van der Waals surface area contributed by atoms with Gasteiger partial charge in [-0.15, -0.1) is 0 Å². The molecule has 2 aliphatic heterocycles. The first-order valence-corrected chi connectivity index (χ1v) is 14.4. The number of ether oxygens (including phenoxy) is 1. The topological polar surface area (TPSA) is 79.8 Å². The van der Waals surface area contributed by atoms with Gasteiger partial charge in [-0.25, -0.2) is 17.5 Å². The first-order valence-electron chi connectivity index (χ1n) is 12.8. The highest BCUT2D eigenvalue weighted by Gasteiger charge is 2.44. The van der Waals surface area contributed by atoms with E-state index in [1.165, 1.54) is 4.31 Å². The third kappa shape index (κ3) is 5.26. The quantitative estimate of drug-likeness (QED) is 0.424. The Labute approximate surface area is 219 Å². The third-order valence-corrected chi connectivity index (χ3v) is 9.59. The molecule has 194 valence electrons. The van der Waals surface area contributed by atoms with Crippen LogP contribution in [-0.4, -0.2) is 54.1 Å². The van der Waals surface area contributed by atoms with Crippen LogP contribution in [0.5, 0.6) is 0 Å². The molecule has 0 aliphatic carbocycles. The third-order valence-electron chi connectivity index (χ3n) is 7.63. The van der Waals surface area contributed by atoms with Crippen LogP contribution in [0.15, 0.2) is 72.9 Å². The Morgan fingerprint density at radius 2 is 1.78 bits per heavy atom. The van der Waals surface area contributed by atoms with E-state index < -0.39 is 15.6 Å². The summed E-state index contributed by atoms with van der Waals surface area (Å²) in [6, 6.07) is 21.8. The van der Waals surface area contributed by atoms with Gasteiger partial charge in [0.15, 0.2) is 0 Å². The molecule has 1 amide bonds. The maximum absolute atomic E-state index is 13.4. The van der Waals surface area contributed by atoms with Crippen LogP contribution in [-0.2, 0) is 20.4 Å². The van der Waals surface area contributed by atoms with Crippen LogP contribution >= 0.6 is 0 Å². The smallest absolute Gasteiger partial charge is 0.411 e. The predicted octanol–water partition coefficient (Wildman–Crippen LogP) is 5.28. The summed E-state index contributed by atoms with van der Waals surface area (Å²) in [7, 11) is -3.22. The number of hydrogen-bond acceptors (Lipinski definition) is 5. The summed E-state index contributed by atoms with van der Waals surface area (Å²) < 4.78 is 32.5. The molecule has 8 heteroatoms. The fourth-order valence-electron chi connectivity index (χ4n) is 5.39. The molecule has 0 N–H and O–H groups in total.